The second-order valence-corrected chi connectivity index (χ2v) is 4.51. The van der Waals surface area contributed by atoms with E-state index in [4.69, 9.17) is 29.0 Å². The van der Waals surface area contributed by atoms with Crippen molar-refractivity contribution >= 4 is 40.4 Å². The first-order valence-corrected chi connectivity index (χ1v) is 5.72. The number of aromatic nitrogens is 1. The molecule has 0 bridgehead atoms. The van der Waals surface area contributed by atoms with Crippen LogP contribution >= 0.6 is 34.5 Å². The molecule has 0 atom stereocenters. The van der Waals surface area contributed by atoms with Gasteiger partial charge in [0.2, 0.25) is 0 Å². The van der Waals surface area contributed by atoms with Crippen molar-refractivity contribution in [1.82, 2.24) is 4.98 Å². The summed E-state index contributed by atoms with van der Waals surface area (Å²) in [4.78, 5) is 4.24. The Hall–Kier alpha value is -0.810. The Kier molecular flexibility index (Phi) is 3.11. The van der Waals surface area contributed by atoms with Gasteiger partial charge in [-0.25, -0.2) is 10.8 Å². The number of hydrazine groups is 1. The van der Waals surface area contributed by atoms with Crippen LogP contribution < -0.4 is 11.3 Å². The van der Waals surface area contributed by atoms with Crippen molar-refractivity contribution in [3.8, 4) is 10.6 Å². The third kappa shape index (κ3) is 2.23. The van der Waals surface area contributed by atoms with Crippen LogP contribution in [-0.4, -0.2) is 4.98 Å². The van der Waals surface area contributed by atoms with Gasteiger partial charge in [0.25, 0.3) is 0 Å². The fourth-order valence-electron chi connectivity index (χ4n) is 1.13. The van der Waals surface area contributed by atoms with E-state index < -0.39 is 0 Å². The molecular formula is C9H7Cl2N3S. The molecule has 2 aromatic rings. The maximum absolute atomic E-state index is 6.05. The lowest BCUT2D eigenvalue weighted by molar-refractivity contribution is 1.27. The molecular weight excluding hydrogens is 253 g/mol. The first kappa shape index (κ1) is 10.7. The molecule has 0 saturated heterocycles. The van der Waals surface area contributed by atoms with Gasteiger partial charge in [0.05, 0.1) is 5.02 Å². The van der Waals surface area contributed by atoms with Crippen LogP contribution in [-0.2, 0) is 0 Å². The Morgan fingerprint density at radius 2 is 2.13 bits per heavy atom. The van der Waals surface area contributed by atoms with Crippen LogP contribution in [0.5, 0.6) is 0 Å². The van der Waals surface area contributed by atoms with Crippen LogP contribution in [0.4, 0.5) is 5.82 Å². The summed E-state index contributed by atoms with van der Waals surface area (Å²) in [5, 5.41) is 3.82. The largest absolute Gasteiger partial charge is 0.308 e. The zero-order chi connectivity index (χ0) is 10.8. The maximum atomic E-state index is 6.05. The van der Waals surface area contributed by atoms with E-state index in [2.05, 4.69) is 10.4 Å². The Bertz CT molecular complexity index is 484. The fraction of sp³-hybridized carbons (Fsp3) is 0. The lowest BCUT2D eigenvalue weighted by Crippen LogP contribution is -2.06. The van der Waals surface area contributed by atoms with E-state index in [1.807, 2.05) is 11.4 Å². The summed E-state index contributed by atoms with van der Waals surface area (Å²) in [6.45, 7) is 0. The van der Waals surface area contributed by atoms with E-state index in [-0.39, 0.29) is 0 Å². The quantitative estimate of drug-likeness (QED) is 0.642. The van der Waals surface area contributed by atoms with Crippen molar-refractivity contribution in [1.29, 1.82) is 0 Å². The molecule has 2 rings (SSSR count). The van der Waals surface area contributed by atoms with E-state index >= 15 is 0 Å². The predicted octanol–water partition coefficient (Wildman–Crippen LogP) is 3.40. The van der Waals surface area contributed by atoms with Crippen molar-refractivity contribution in [2.75, 3.05) is 5.43 Å². The summed E-state index contributed by atoms with van der Waals surface area (Å²) >= 11 is 13.3. The molecule has 15 heavy (non-hydrogen) atoms. The Labute approximate surface area is 101 Å². The van der Waals surface area contributed by atoms with E-state index in [0.717, 1.165) is 10.6 Å². The second-order valence-electron chi connectivity index (χ2n) is 2.81. The number of nitrogens with one attached hydrogen (secondary N) is 1. The monoisotopic (exact) mass is 259 g/mol. The standard InChI is InChI=1S/C9H7Cl2N3S/c10-5-1-2-6(7(11)3-5)9-13-8(14-12)4-15-9/h1-4,14H,12H2. The van der Waals surface area contributed by atoms with Gasteiger partial charge < -0.3 is 5.43 Å². The van der Waals surface area contributed by atoms with Gasteiger partial charge in [-0.2, -0.15) is 0 Å². The first-order chi connectivity index (χ1) is 7.20. The van der Waals surface area contributed by atoms with Crippen molar-refractivity contribution in [2.45, 2.75) is 0 Å². The summed E-state index contributed by atoms with van der Waals surface area (Å²) in [6, 6.07) is 5.30. The minimum atomic E-state index is 0.584. The molecule has 1 aromatic carbocycles. The molecule has 0 spiro atoms. The minimum absolute atomic E-state index is 0.584. The average molecular weight is 260 g/mol. The molecule has 6 heteroatoms. The van der Waals surface area contributed by atoms with Crippen LogP contribution in [0, 0.1) is 0 Å². The lowest BCUT2D eigenvalue weighted by atomic mass is 10.2. The van der Waals surface area contributed by atoms with Gasteiger partial charge in [-0.1, -0.05) is 23.2 Å². The number of thiazole rings is 1. The first-order valence-electron chi connectivity index (χ1n) is 4.08. The zero-order valence-electron chi connectivity index (χ0n) is 7.50. The van der Waals surface area contributed by atoms with E-state index in [0.29, 0.717) is 15.9 Å². The third-order valence-electron chi connectivity index (χ3n) is 1.81. The van der Waals surface area contributed by atoms with E-state index in [1.54, 1.807) is 12.1 Å². The summed E-state index contributed by atoms with van der Waals surface area (Å²) in [5.41, 5.74) is 3.33. The van der Waals surface area contributed by atoms with Gasteiger partial charge in [-0.05, 0) is 18.2 Å². The summed E-state index contributed by atoms with van der Waals surface area (Å²) in [6.07, 6.45) is 0. The van der Waals surface area contributed by atoms with Crippen molar-refractivity contribution in [3.63, 3.8) is 0 Å². The average Bonchev–Trinajstić information content (AvgIpc) is 2.66. The van der Waals surface area contributed by atoms with E-state index in [1.165, 1.54) is 11.3 Å². The number of halogens is 2. The van der Waals surface area contributed by atoms with E-state index in [9.17, 15) is 0 Å². The number of benzene rings is 1. The number of anilines is 1. The molecule has 0 radical (unpaired) electrons. The smallest absolute Gasteiger partial charge is 0.151 e. The SMILES string of the molecule is NNc1csc(-c2ccc(Cl)cc2Cl)n1. The molecule has 0 unspecified atom stereocenters. The Morgan fingerprint density at radius 3 is 2.73 bits per heavy atom. The van der Waals surface area contributed by atoms with Crippen molar-refractivity contribution < 1.29 is 0 Å². The Morgan fingerprint density at radius 1 is 1.33 bits per heavy atom. The highest BCUT2D eigenvalue weighted by molar-refractivity contribution is 7.13. The molecule has 0 aliphatic heterocycles. The van der Waals surface area contributed by atoms with Gasteiger partial charge in [0.15, 0.2) is 5.82 Å². The molecule has 0 aliphatic carbocycles. The maximum Gasteiger partial charge on any atom is 0.151 e. The number of rotatable bonds is 2. The molecule has 0 amide bonds. The lowest BCUT2D eigenvalue weighted by Gasteiger charge is -2.00. The molecule has 0 fully saturated rings. The predicted molar refractivity (Wildman–Crippen MR) is 65.4 cm³/mol. The topological polar surface area (TPSA) is 50.9 Å². The molecule has 3 N–H and O–H groups in total. The molecule has 1 heterocycles. The zero-order valence-corrected chi connectivity index (χ0v) is 9.83. The minimum Gasteiger partial charge on any atom is -0.308 e. The second kappa shape index (κ2) is 4.37. The third-order valence-corrected chi connectivity index (χ3v) is 3.24. The van der Waals surface area contributed by atoms with Crippen molar-refractivity contribution in [3.05, 3.63) is 33.6 Å². The van der Waals surface area contributed by atoms with Gasteiger partial charge in [0.1, 0.15) is 5.01 Å². The van der Waals surface area contributed by atoms with Crippen LogP contribution in [0.1, 0.15) is 0 Å². The summed E-state index contributed by atoms with van der Waals surface area (Å²) in [5.74, 6) is 5.87. The van der Waals surface area contributed by atoms with Crippen LogP contribution in [0.2, 0.25) is 10.0 Å². The number of hydrogen-bond donors (Lipinski definition) is 2. The molecule has 1 aromatic heterocycles. The highest BCUT2D eigenvalue weighted by Crippen LogP contribution is 2.33. The van der Waals surface area contributed by atoms with Gasteiger partial charge >= 0.3 is 0 Å². The highest BCUT2D eigenvalue weighted by atomic mass is 35.5. The molecule has 3 nitrogen and oxygen atoms in total. The fourth-order valence-corrected chi connectivity index (χ4v) is 2.48. The van der Waals surface area contributed by atoms with Gasteiger partial charge in [-0.3, -0.25) is 0 Å². The number of hydrogen-bond acceptors (Lipinski definition) is 4. The van der Waals surface area contributed by atoms with Gasteiger partial charge in [0, 0.05) is 16.0 Å². The van der Waals surface area contributed by atoms with Crippen LogP contribution in [0.15, 0.2) is 23.6 Å². The van der Waals surface area contributed by atoms with Gasteiger partial charge in [-0.15, -0.1) is 11.3 Å². The highest BCUT2D eigenvalue weighted by Gasteiger charge is 2.08. The summed E-state index contributed by atoms with van der Waals surface area (Å²) in [7, 11) is 0. The number of nitrogens with two attached hydrogens (primary N) is 1. The van der Waals surface area contributed by atoms with Crippen LogP contribution in [0.25, 0.3) is 10.6 Å². The number of nitrogens with zero attached hydrogens (tertiary/aromatic N) is 1. The molecule has 0 saturated carbocycles. The normalized spacial score (nSPS) is 10.3. The molecule has 0 aliphatic rings. The van der Waals surface area contributed by atoms with Crippen LogP contribution in [0.3, 0.4) is 0 Å². The Balaban J connectivity index is 2.44. The summed E-state index contributed by atoms with van der Waals surface area (Å²) < 4.78 is 0. The van der Waals surface area contributed by atoms with Crippen molar-refractivity contribution in [2.24, 2.45) is 5.84 Å². The number of nitrogen functional groups attached to an aromatic ring is 1. The molecule has 78 valence electrons.